The molecule has 1 aliphatic carbocycles. The van der Waals surface area contributed by atoms with Crippen molar-refractivity contribution >= 4 is 17.5 Å². The predicted octanol–water partition coefficient (Wildman–Crippen LogP) is 3.83. The maximum absolute atomic E-state index is 11.6. The molecule has 7 nitrogen and oxygen atoms in total. The Kier molecular flexibility index (Phi) is 5.08. The van der Waals surface area contributed by atoms with E-state index in [0.717, 1.165) is 42.8 Å². The number of carboxylic acids is 1. The van der Waals surface area contributed by atoms with E-state index in [0.29, 0.717) is 5.69 Å². The first kappa shape index (κ1) is 18.2. The number of carboxylic acid groups (broad SMARTS) is 1. The summed E-state index contributed by atoms with van der Waals surface area (Å²) in [6.07, 6.45) is 6.81. The summed E-state index contributed by atoms with van der Waals surface area (Å²) in [4.78, 5) is 15.6. The molecule has 2 heterocycles. The third kappa shape index (κ3) is 3.75. The van der Waals surface area contributed by atoms with Crippen molar-refractivity contribution in [2.45, 2.75) is 37.8 Å². The van der Waals surface area contributed by atoms with Crippen molar-refractivity contribution in [3.63, 3.8) is 0 Å². The Labute approximate surface area is 163 Å². The maximum Gasteiger partial charge on any atom is 0.337 e. The lowest BCUT2D eigenvalue weighted by molar-refractivity contribution is 0.0698. The molecule has 0 atom stereocenters. The number of nitrogens with two attached hydrogens (primary N) is 1. The smallest absolute Gasteiger partial charge is 0.337 e. The molecule has 3 aromatic rings. The number of aromatic nitrogens is 3. The molecule has 0 aliphatic heterocycles. The van der Waals surface area contributed by atoms with Crippen LogP contribution < -0.4 is 11.1 Å². The van der Waals surface area contributed by atoms with E-state index < -0.39 is 5.97 Å². The number of anilines is 2. The number of nitrogens with one attached hydrogen (secondary N) is 1. The fourth-order valence-corrected chi connectivity index (χ4v) is 3.68. The van der Waals surface area contributed by atoms with E-state index in [1.54, 1.807) is 0 Å². The van der Waals surface area contributed by atoms with Gasteiger partial charge in [-0.3, -0.25) is 4.98 Å². The number of hydrogen-bond acceptors (Lipinski definition) is 5. The Morgan fingerprint density at radius 2 is 1.89 bits per heavy atom. The second-order valence-electron chi connectivity index (χ2n) is 7.15. The lowest BCUT2D eigenvalue weighted by atomic mass is 9.92. The summed E-state index contributed by atoms with van der Waals surface area (Å²) in [5, 5.41) is 17.6. The topological polar surface area (TPSA) is 106 Å². The number of rotatable bonds is 5. The van der Waals surface area contributed by atoms with Crippen molar-refractivity contribution in [2.75, 3.05) is 5.32 Å². The van der Waals surface area contributed by atoms with Crippen molar-refractivity contribution in [3.05, 3.63) is 60.4 Å². The zero-order valence-corrected chi connectivity index (χ0v) is 15.5. The molecule has 1 aliphatic rings. The average molecular weight is 377 g/mol. The van der Waals surface area contributed by atoms with Crippen LogP contribution in [0.1, 0.15) is 42.1 Å². The van der Waals surface area contributed by atoms with Gasteiger partial charge in [0.15, 0.2) is 0 Å². The van der Waals surface area contributed by atoms with Gasteiger partial charge in [0.2, 0.25) is 0 Å². The summed E-state index contributed by atoms with van der Waals surface area (Å²) >= 11 is 0. The predicted molar refractivity (Wildman–Crippen MR) is 108 cm³/mol. The fraction of sp³-hybridized carbons (Fsp3) is 0.286. The van der Waals surface area contributed by atoms with Crippen LogP contribution >= 0.6 is 0 Å². The van der Waals surface area contributed by atoms with Gasteiger partial charge in [-0.2, -0.15) is 5.10 Å². The number of nitrogens with zero attached hydrogens (tertiary/aromatic N) is 3. The average Bonchev–Trinajstić information content (AvgIpc) is 3.13. The molecule has 7 heteroatoms. The van der Waals surface area contributed by atoms with Crippen LogP contribution in [0, 0.1) is 0 Å². The molecule has 0 amide bonds. The molecular formula is C21H23N5O2. The molecule has 4 rings (SSSR count). The highest BCUT2D eigenvalue weighted by Gasteiger charge is 2.24. The van der Waals surface area contributed by atoms with E-state index in [1.807, 2.05) is 41.1 Å². The Morgan fingerprint density at radius 3 is 2.61 bits per heavy atom. The molecule has 1 aromatic carbocycles. The Morgan fingerprint density at radius 1 is 1.14 bits per heavy atom. The minimum absolute atomic E-state index is 0.176. The van der Waals surface area contributed by atoms with Gasteiger partial charge in [-0.05, 0) is 31.7 Å². The fourth-order valence-electron chi connectivity index (χ4n) is 3.68. The quantitative estimate of drug-likeness (QED) is 0.624. The van der Waals surface area contributed by atoms with Crippen LogP contribution in [0.2, 0.25) is 0 Å². The summed E-state index contributed by atoms with van der Waals surface area (Å²) in [7, 11) is 0. The van der Waals surface area contributed by atoms with Crippen molar-refractivity contribution in [3.8, 4) is 11.3 Å². The van der Waals surface area contributed by atoms with E-state index in [4.69, 9.17) is 10.8 Å². The zero-order chi connectivity index (χ0) is 19.5. The van der Waals surface area contributed by atoms with Crippen molar-refractivity contribution in [2.24, 2.45) is 5.73 Å². The van der Waals surface area contributed by atoms with Crippen LogP contribution in [-0.4, -0.2) is 31.9 Å². The molecule has 1 saturated carbocycles. The molecule has 2 aromatic heterocycles. The van der Waals surface area contributed by atoms with Crippen molar-refractivity contribution in [1.29, 1.82) is 0 Å². The monoisotopic (exact) mass is 377 g/mol. The van der Waals surface area contributed by atoms with E-state index in [2.05, 4.69) is 10.3 Å². The minimum Gasteiger partial charge on any atom is -0.478 e. The highest BCUT2D eigenvalue weighted by atomic mass is 16.4. The SMILES string of the molecule is N[C@H]1CC[C@H](n2nc(-c3ccccc3)cc2Nc2cnccc2C(=O)O)CC1. The second-order valence-corrected chi connectivity index (χ2v) is 7.15. The third-order valence-corrected chi connectivity index (χ3v) is 5.21. The van der Waals surface area contributed by atoms with Gasteiger partial charge in [0.25, 0.3) is 0 Å². The first-order valence-corrected chi connectivity index (χ1v) is 9.46. The van der Waals surface area contributed by atoms with Crippen LogP contribution in [0.15, 0.2) is 54.9 Å². The summed E-state index contributed by atoms with van der Waals surface area (Å²) in [6.45, 7) is 0. The van der Waals surface area contributed by atoms with Gasteiger partial charge in [0.05, 0.1) is 29.2 Å². The van der Waals surface area contributed by atoms with E-state index in [9.17, 15) is 9.90 Å². The van der Waals surface area contributed by atoms with Gasteiger partial charge in [0, 0.05) is 23.9 Å². The number of hydrogen-bond donors (Lipinski definition) is 3. The van der Waals surface area contributed by atoms with Crippen LogP contribution in [0.25, 0.3) is 11.3 Å². The van der Waals surface area contributed by atoms with Crippen LogP contribution in [0.3, 0.4) is 0 Å². The molecule has 0 spiro atoms. The first-order chi connectivity index (χ1) is 13.6. The van der Waals surface area contributed by atoms with E-state index in [-0.39, 0.29) is 17.6 Å². The Balaban J connectivity index is 1.72. The molecule has 144 valence electrons. The van der Waals surface area contributed by atoms with Gasteiger partial charge in [0.1, 0.15) is 5.82 Å². The molecule has 28 heavy (non-hydrogen) atoms. The summed E-state index contributed by atoms with van der Waals surface area (Å²) < 4.78 is 1.98. The standard InChI is InChI=1S/C21H23N5O2/c22-15-6-8-16(9-7-15)26-20(12-18(25-26)14-4-2-1-3-5-14)24-19-13-23-11-10-17(19)21(27)28/h1-5,10-13,15-16,24H,6-9,22H2,(H,27,28)/t15-,16-. The Bertz CT molecular complexity index is 962. The molecular weight excluding hydrogens is 354 g/mol. The molecule has 0 radical (unpaired) electrons. The lowest BCUT2D eigenvalue weighted by Gasteiger charge is -2.27. The molecule has 4 N–H and O–H groups in total. The second kappa shape index (κ2) is 7.82. The summed E-state index contributed by atoms with van der Waals surface area (Å²) in [5.74, 6) is -0.238. The van der Waals surface area contributed by atoms with E-state index in [1.165, 1.54) is 18.5 Å². The summed E-state index contributed by atoms with van der Waals surface area (Å²) in [5.41, 5.74) is 8.55. The molecule has 0 bridgehead atoms. The minimum atomic E-state index is -0.997. The highest BCUT2D eigenvalue weighted by Crippen LogP contribution is 2.34. The van der Waals surface area contributed by atoms with Crippen molar-refractivity contribution < 1.29 is 9.90 Å². The number of aromatic carboxylic acids is 1. The lowest BCUT2D eigenvalue weighted by Crippen LogP contribution is -2.28. The Hall–Kier alpha value is -3.19. The number of benzene rings is 1. The van der Waals surface area contributed by atoms with Gasteiger partial charge in [-0.25, -0.2) is 9.48 Å². The van der Waals surface area contributed by atoms with Gasteiger partial charge < -0.3 is 16.2 Å². The third-order valence-electron chi connectivity index (χ3n) is 5.21. The zero-order valence-electron chi connectivity index (χ0n) is 15.5. The number of pyridine rings is 1. The first-order valence-electron chi connectivity index (χ1n) is 9.46. The van der Waals surface area contributed by atoms with Gasteiger partial charge in [-0.1, -0.05) is 30.3 Å². The molecule has 0 saturated heterocycles. The highest BCUT2D eigenvalue weighted by molar-refractivity contribution is 5.94. The molecule has 1 fully saturated rings. The number of carbonyl (C=O) groups is 1. The molecule has 0 unspecified atom stereocenters. The van der Waals surface area contributed by atoms with Crippen LogP contribution in [0.4, 0.5) is 11.5 Å². The van der Waals surface area contributed by atoms with Gasteiger partial charge in [-0.15, -0.1) is 0 Å². The van der Waals surface area contributed by atoms with Crippen LogP contribution in [-0.2, 0) is 0 Å². The van der Waals surface area contributed by atoms with Gasteiger partial charge >= 0.3 is 5.97 Å². The van der Waals surface area contributed by atoms with Crippen LogP contribution in [0.5, 0.6) is 0 Å². The van der Waals surface area contributed by atoms with E-state index >= 15 is 0 Å². The largest absolute Gasteiger partial charge is 0.478 e. The van der Waals surface area contributed by atoms with Crippen molar-refractivity contribution in [1.82, 2.24) is 14.8 Å². The normalized spacial score (nSPS) is 19.3. The summed E-state index contributed by atoms with van der Waals surface area (Å²) in [6, 6.07) is 13.9. The maximum atomic E-state index is 11.6.